The SMILES string of the molecule is CCOC(=O)c1cn(CCCNC(=O)OC(C)(C)C)c2c(C(F)(F)F)c(F)c(F)cc2c1=O. The predicted octanol–water partition coefficient (Wildman–Crippen LogP) is 4.39. The van der Waals surface area contributed by atoms with Crippen molar-refractivity contribution in [2.24, 2.45) is 0 Å². The first-order valence-corrected chi connectivity index (χ1v) is 9.93. The number of esters is 1. The van der Waals surface area contributed by atoms with Crippen LogP contribution in [0.5, 0.6) is 0 Å². The Morgan fingerprint density at radius 1 is 1.15 bits per heavy atom. The van der Waals surface area contributed by atoms with Crippen molar-refractivity contribution in [2.45, 2.75) is 52.4 Å². The number of carbonyl (C=O) groups excluding carboxylic acids is 2. The van der Waals surface area contributed by atoms with Gasteiger partial charge in [0.25, 0.3) is 0 Å². The maximum Gasteiger partial charge on any atom is 0.421 e. The summed E-state index contributed by atoms with van der Waals surface area (Å²) >= 11 is 0. The lowest BCUT2D eigenvalue weighted by atomic mass is 10.0. The number of hydrogen-bond donors (Lipinski definition) is 1. The minimum Gasteiger partial charge on any atom is -0.462 e. The number of hydrogen-bond acceptors (Lipinski definition) is 5. The molecule has 0 fully saturated rings. The fourth-order valence-electron chi connectivity index (χ4n) is 3.06. The minimum absolute atomic E-state index is 0.00969. The standard InChI is InChI=1S/C21H23F5N2O5/c1-5-32-18(30)12-10-28(8-6-7-27-19(31)33-20(2,3)4)16-11(17(12)29)9-13(22)15(23)14(16)21(24,25)26/h9-10H,5-8H2,1-4H3,(H,27,31). The molecule has 7 nitrogen and oxygen atoms in total. The summed E-state index contributed by atoms with van der Waals surface area (Å²) in [6, 6.07) is 0.320. The van der Waals surface area contributed by atoms with Gasteiger partial charge < -0.3 is 19.4 Å². The van der Waals surface area contributed by atoms with Gasteiger partial charge in [-0.25, -0.2) is 18.4 Å². The lowest BCUT2D eigenvalue weighted by Gasteiger charge is -2.20. The van der Waals surface area contributed by atoms with Gasteiger partial charge in [0, 0.05) is 19.3 Å². The Kier molecular flexibility index (Phi) is 7.71. The molecule has 1 aromatic heterocycles. The number of aryl methyl sites for hydroxylation is 1. The van der Waals surface area contributed by atoms with Crippen LogP contribution < -0.4 is 10.7 Å². The van der Waals surface area contributed by atoms with Crippen LogP contribution in [0.3, 0.4) is 0 Å². The van der Waals surface area contributed by atoms with E-state index in [4.69, 9.17) is 9.47 Å². The van der Waals surface area contributed by atoms with Gasteiger partial charge in [-0.3, -0.25) is 4.79 Å². The maximum atomic E-state index is 14.2. The third-order valence-corrected chi connectivity index (χ3v) is 4.28. The first-order valence-electron chi connectivity index (χ1n) is 9.93. The largest absolute Gasteiger partial charge is 0.462 e. The number of halogens is 5. The highest BCUT2D eigenvalue weighted by Crippen LogP contribution is 2.37. The number of fused-ring (bicyclic) bond motifs is 1. The van der Waals surface area contributed by atoms with E-state index in [0.29, 0.717) is 6.07 Å². The molecule has 0 atom stereocenters. The molecule has 12 heteroatoms. The number of ether oxygens (including phenoxy) is 2. The number of carbonyl (C=O) groups is 2. The zero-order valence-corrected chi connectivity index (χ0v) is 18.4. The first kappa shape index (κ1) is 26.1. The average molecular weight is 478 g/mol. The molecule has 182 valence electrons. The second kappa shape index (κ2) is 9.75. The lowest BCUT2D eigenvalue weighted by Crippen LogP contribution is -2.33. The van der Waals surface area contributed by atoms with Crippen molar-refractivity contribution < 1.29 is 41.0 Å². The molecular weight excluding hydrogens is 455 g/mol. The molecule has 0 spiro atoms. The zero-order chi connectivity index (χ0) is 25.1. The Morgan fingerprint density at radius 3 is 2.33 bits per heavy atom. The second-order valence-electron chi connectivity index (χ2n) is 8.01. The normalized spacial score (nSPS) is 12.0. The van der Waals surface area contributed by atoms with Gasteiger partial charge in [-0.2, -0.15) is 13.2 Å². The molecule has 0 bridgehead atoms. The van der Waals surface area contributed by atoms with Crippen LogP contribution in [0.2, 0.25) is 0 Å². The molecule has 0 saturated heterocycles. The van der Waals surface area contributed by atoms with Gasteiger partial charge in [0.05, 0.1) is 17.5 Å². The third kappa shape index (κ3) is 6.20. The van der Waals surface area contributed by atoms with Gasteiger partial charge in [0.15, 0.2) is 11.6 Å². The molecular formula is C21H23F5N2O5. The summed E-state index contributed by atoms with van der Waals surface area (Å²) in [4.78, 5) is 36.5. The summed E-state index contributed by atoms with van der Waals surface area (Å²) in [6.07, 6.45) is -5.28. The van der Waals surface area contributed by atoms with Gasteiger partial charge in [0.2, 0.25) is 5.43 Å². The number of rotatable bonds is 6. The van der Waals surface area contributed by atoms with Gasteiger partial charge in [-0.05, 0) is 40.2 Å². The molecule has 0 aliphatic carbocycles. The first-order chi connectivity index (χ1) is 15.2. The van der Waals surface area contributed by atoms with E-state index in [1.54, 1.807) is 20.8 Å². The van der Waals surface area contributed by atoms with E-state index < -0.39 is 62.9 Å². The topological polar surface area (TPSA) is 86.6 Å². The van der Waals surface area contributed by atoms with E-state index >= 15 is 0 Å². The summed E-state index contributed by atoms with van der Waals surface area (Å²) in [5.74, 6) is -5.17. The maximum absolute atomic E-state index is 14.2. The molecule has 1 amide bonds. The number of nitrogens with one attached hydrogen (secondary N) is 1. The van der Waals surface area contributed by atoms with Crippen molar-refractivity contribution in [3.8, 4) is 0 Å². The predicted molar refractivity (Wildman–Crippen MR) is 108 cm³/mol. The number of aromatic nitrogens is 1. The Labute approximate surface area is 185 Å². The highest BCUT2D eigenvalue weighted by molar-refractivity contribution is 5.94. The summed E-state index contributed by atoms with van der Waals surface area (Å²) in [7, 11) is 0. The van der Waals surface area contributed by atoms with Crippen LogP contribution in [-0.2, 0) is 22.2 Å². The van der Waals surface area contributed by atoms with E-state index in [1.165, 1.54) is 6.92 Å². The van der Waals surface area contributed by atoms with E-state index in [9.17, 15) is 36.3 Å². The van der Waals surface area contributed by atoms with Crippen LogP contribution in [0.1, 0.15) is 50.0 Å². The van der Waals surface area contributed by atoms with Crippen LogP contribution in [-0.4, -0.2) is 35.4 Å². The van der Waals surface area contributed by atoms with E-state index in [0.717, 1.165) is 10.8 Å². The van der Waals surface area contributed by atoms with Crippen molar-refractivity contribution in [3.63, 3.8) is 0 Å². The van der Waals surface area contributed by atoms with Crippen LogP contribution in [0.15, 0.2) is 17.1 Å². The molecule has 2 rings (SSSR count). The Balaban J connectivity index is 2.55. The molecule has 1 N–H and O–H groups in total. The number of benzene rings is 1. The van der Waals surface area contributed by atoms with Crippen LogP contribution in [0.25, 0.3) is 10.9 Å². The molecule has 1 aromatic carbocycles. The average Bonchev–Trinajstić information content (AvgIpc) is 2.66. The molecule has 33 heavy (non-hydrogen) atoms. The Morgan fingerprint density at radius 2 is 1.79 bits per heavy atom. The smallest absolute Gasteiger partial charge is 0.421 e. The summed E-state index contributed by atoms with van der Waals surface area (Å²) < 4.78 is 79.6. The van der Waals surface area contributed by atoms with Crippen molar-refractivity contribution >= 4 is 23.0 Å². The molecule has 0 aliphatic rings. The fourth-order valence-corrected chi connectivity index (χ4v) is 3.06. The fraction of sp³-hybridized carbons (Fsp3) is 0.476. The second-order valence-corrected chi connectivity index (χ2v) is 8.01. The van der Waals surface area contributed by atoms with Crippen molar-refractivity contribution in [1.82, 2.24) is 9.88 Å². The van der Waals surface area contributed by atoms with E-state index in [1.807, 2.05) is 0 Å². The summed E-state index contributed by atoms with van der Waals surface area (Å²) in [6.45, 7) is 5.92. The van der Waals surface area contributed by atoms with Gasteiger partial charge >= 0.3 is 18.2 Å². The van der Waals surface area contributed by atoms with E-state index in [2.05, 4.69) is 5.32 Å². The molecule has 0 aliphatic heterocycles. The van der Waals surface area contributed by atoms with Gasteiger partial charge in [0.1, 0.15) is 16.7 Å². The zero-order valence-electron chi connectivity index (χ0n) is 18.4. The van der Waals surface area contributed by atoms with Crippen molar-refractivity contribution in [3.05, 3.63) is 45.2 Å². The van der Waals surface area contributed by atoms with Crippen molar-refractivity contribution in [1.29, 1.82) is 0 Å². The molecule has 0 saturated carbocycles. The van der Waals surface area contributed by atoms with Crippen LogP contribution in [0.4, 0.5) is 26.7 Å². The molecule has 0 radical (unpaired) electrons. The molecule has 2 aromatic rings. The lowest BCUT2D eigenvalue weighted by molar-refractivity contribution is -0.139. The number of alkyl halides is 3. The summed E-state index contributed by atoms with van der Waals surface area (Å²) in [5, 5.41) is 1.58. The van der Waals surface area contributed by atoms with Gasteiger partial charge in [-0.15, -0.1) is 0 Å². The monoisotopic (exact) mass is 478 g/mol. The quantitative estimate of drug-likeness (QED) is 0.378. The number of nitrogens with zero attached hydrogens (tertiary/aromatic N) is 1. The number of amides is 1. The third-order valence-electron chi connectivity index (χ3n) is 4.28. The number of alkyl carbamates (subject to hydrolysis) is 1. The molecule has 1 heterocycles. The summed E-state index contributed by atoms with van der Waals surface area (Å²) in [5.41, 5.74) is -5.52. The molecule has 0 unspecified atom stereocenters. The highest BCUT2D eigenvalue weighted by atomic mass is 19.4. The van der Waals surface area contributed by atoms with Gasteiger partial charge in [-0.1, -0.05) is 0 Å². The minimum atomic E-state index is -5.33. The Bertz CT molecular complexity index is 1120. The number of pyridine rings is 1. The van der Waals surface area contributed by atoms with Crippen LogP contribution >= 0.6 is 0 Å². The van der Waals surface area contributed by atoms with Crippen molar-refractivity contribution in [2.75, 3.05) is 13.2 Å². The van der Waals surface area contributed by atoms with E-state index in [-0.39, 0.29) is 26.1 Å². The van der Waals surface area contributed by atoms with Crippen LogP contribution in [0, 0.1) is 11.6 Å². The Hall–Kier alpha value is -3.18. The highest BCUT2D eigenvalue weighted by Gasteiger charge is 2.39.